The smallest absolute Gasteiger partial charge is 0.410 e. The van der Waals surface area contributed by atoms with Crippen molar-refractivity contribution in [3.8, 4) is 5.75 Å². The second kappa shape index (κ2) is 17.6. The van der Waals surface area contributed by atoms with Crippen molar-refractivity contribution in [2.45, 2.75) is 71.4 Å². The van der Waals surface area contributed by atoms with Crippen molar-refractivity contribution >= 4 is 46.4 Å². The Morgan fingerprint density at radius 3 is 2.17 bits per heavy atom. The predicted molar refractivity (Wildman–Crippen MR) is 220 cm³/mol. The fourth-order valence-electron chi connectivity index (χ4n) is 6.72. The minimum atomic E-state index is -0.574. The molecule has 1 aromatic heterocycles. The van der Waals surface area contributed by atoms with E-state index in [0.717, 1.165) is 5.56 Å². The number of hydrogen-bond donors (Lipinski definition) is 3. The lowest BCUT2D eigenvalue weighted by atomic mass is 10.1. The zero-order chi connectivity index (χ0) is 41.6. The Kier molecular flexibility index (Phi) is 12.4. The van der Waals surface area contributed by atoms with Crippen molar-refractivity contribution < 1.29 is 33.4 Å². The maximum atomic E-state index is 14.4. The van der Waals surface area contributed by atoms with Gasteiger partial charge in [-0.05, 0) is 100.0 Å². The van der Waals surface area contributed by atoms with E-state index in [0.29, 0.717) is 70.9 Å². The zero-order valence-electron chi connectivity index (χ0n) is 33.4. The van der Waals surface area contributed by atoms with Crippen LogP contribution >= 0.6 is 0 Å². The fourth-order valence-corrected chi connectivity index (χ4v) is 6.72. The molecule has 58 heavy (non-hydrogen) atoms. The minimum absolute atomic E-state index is 0.0491. The normalized spacial score (nSPS) is 13.7. The molecule has 1 aliphatic heterocycles. The summed E-state index contributed by atoms with van der Waals surface area (Å²) in [5.41, 5.74) is 8.92. The lowest BCUT2D eigenvalue weighted by Crippen LogP contribution is -2.44. The van der Waals surface area contributed by atoms with Gasteiger partial charge in [-0.25, -0.2) is 14.6 Å². The number of carbonyl (C=O) groups excluding carboxylic acids is 4. The highest BCUT2D eigenvalue weighted by molar-refractivity contribution is 6.06. The molecule has 4 aromatic carbocycles. The Balaban J connectivity index is 1.29. The van der Waals surface area contributed by atoms with E-state index in [1.165, 1.54) is 19.2 Å². The second-order valence-electron chi connectivity index (χ2n) is 15.2. The van der Waals surface area contributed by atoms with Gasteiger partial charge in [-0.1, -0.05) is 30.3 Å². The number of carbonyl (C=O) groups is 4. The van der Waals surface area contributed by atoms with Gasteiger partial charge in [-0.15, -0.1) is 0 Å². The van der Waals surface area contributed by atoms with Crippen molar-refractivity contribution in [1.82, 2.24) is 19.8 Å². The average molecular weight is 788 g/mol. The summed E-state index contributed by atoms with van der Waals surface area (Å²) in [4.78, 5) is 60.9. The molecule has 14 nitrogen and oxygen atoms in total. The number of fused-ring (bicyclic) bond motifs is 1. The van der Waals surface area contributed by atoms with E-state index >= 15 is 0 Å². The topological polar surface area (TPSA) is 182 Å². The molecule has 0 radical (unpaired) electrons. The van der Waals surface area contributed by atoms with E-state index in [-0.39, 0.29) is 49.0 Å². The van der Waals surface area contributed by atoms with Crippen LogP contribution in [0.15, 0.2) is 97.1 Å². The zero-order valence-corrected chi connectivity index (χ0v) is 33.4. The lowest BCUT2D eigenvalue weighted by molar-refractivity contribution is -0.122. The first-order valence-electron chi connectivity index (χ1n) is 19.1. The van der Waals surface area contributed by atoms with Gasteiger partial charge in [0.25, 0.3) is 5.91 Å². The van der Waals surface area contributed by atoms with Crippen LogP contribution in [0.5, 0.6) is 5.75 Å². The number of nitrogens with zero attached hydrogens (tertiary/aromatic N) is 4. The summed E-state index contributed by atoms with van der Waals surface area (Å²) in [7, 11) is 1.29. The molecule has 1 fully saturated rings. The number of nitrogens with one attached hydrogen (secondary N) is 2. The molecule has 6 rings (SSSR count). The summed E-state index contributed by atoms with van der Waals surface area (Å²) in [6.45, 7) is 8.30. The van der Waals surface area contributed by atoms with E-state index < -0.39 is 11.6 Å². The van der Waals surface area contributed by atoms with E-state index in [1.54, 1.807) is 69.0 Å². The van der Waals surface area contributed by atoms with Gasteiger partial charge in [0.15, 0.2) is 0 Å². The number of ether oxygens (including phenoxy) is 3. The number of rotatable bonds is 12. The van der Waals surface area contributed by atoms with E-state index in [4.69, 9.17) is 30.3 Å². The summed E-state index contributed by atoms with van der Waals surface area (Å²) in [5.74, 6) is -0.291. The Bertz CT molecular complexity index is 2280. The average Bonchev–Trinajstić information content (AvgIpc) is 3.55. The third-order valence-electron chi connectivity index (χ3n) is 9.76. The van der Waals surface area contributed by atoms with Crippen LogP contribution in [0, 0.1) is 5.41 Å². The second-order valence-corrected chi connectivity index (χ2v) is 15.2. The minimum Gasteiger partial charge on any atom is -0.490 e. The standard InChI is InChI=1S/C44H49N7O7/c1-28(29-9-7-6-8-10-29)47-39(52)27-51-37-20-15-32(40(45)46)25-36(37)48-38(51)26-50(41(53)30-11-13-31(14-12-30)42(54)56-5)33-16-18-34(19-17-33)57-35-21-23-49(24-22-35)43(55)58-44(2,3)4/h6-20,25,28,35H,21-24,26-27H2,1-5H3,(H3,45,46)(H,47,52)/t28-/m0/s1. The Labute approximate surface area is 337 Å². The SMILES string of the molecule is COC(=O)c1ccc(C(=O)N(Cc2nc3cc(C(=N)N)ccc3n2CC(=O)N[C@@H](C)c2ccccc2)c2ccc(OC3CCN(C(=O)OC(C)(C)C)CC3)cc2)cc1. The largest absolute Gasteiger partial charge is 0.490 e. The highest BCUT2D eigenvalue weighted by atomic mass is 16.6. The summed E-state index contributed by atoms with van der Waals surface area (Å²) >= 11 is 0. The van der Waals surface area contributed by atoms with Gasteiger partial charge in [0.2, 0.25) is 5.91 Å². The molecule has 1 aliphatic rings. The molecule has 0 unspecified atom stereocenters. The number of nitrogen functional groups attached to an aromatic ring is 1. The first-order valence-corrected chi connectivity index (χ1v) is 19.1. The molecule has 302 valence electrons. The number of esters is 1. The van der Waals surface area contributed by atoms with Crippen LogP contribution in [-0.4, -0.2) is 76.1 Å². The highest BCUT2D eigenvalue weighted by Crippen LogP contribution is 2.28. The summed E-state index contributed by atoms with van der Waals surface area (Å²) < 4.78 is 18.4. The van der Waals surface area contributed by atoms with Crippen LogP contribution in [0.1, 0.15) is 84.2 Å². The van der Waals surface area contributed by atoms with Crippen LogP contribution in [0.2, 0.25) is 0 Å². The Hall–Kier alpha value is -6.70. The van der Waals surface area contributed by atoms with E-state index in [9.17, 15) is 19.2 Å². The van der Waals surface area contributed by atoms with Crippen molar-refractivity contribution in [2.75, 3.05) is 25.1 Å². The van der Waals surface area contributed by atoms with E-state index in [2.05, 4.69) is 5.32 Å². The number of benzene rings is 4. The highest BCUT2D eigenvalue weighted by Gasteiger charge is 2.28. The molecule has 4 N–H and O–H groups in total. The van der Waals surface area contributed by atoms with Crippen molar-refractivity contribution in [3.05, 3.63) is 125 Å². The van der Waals surface area contributed by atoms with Crippen LogP contribution in [0.25, 0.3) is 11.0 Å². The molecule has 0 aliphatic carbocycles. The summed E-state index contributed by atoms with van der Waals surface area (Å²) in [5, 5.41) is 11.1. The maximum Gasteiger partial charge on any atom is 0.410 e. The molecule has 2 heterocycles. The number of hydrogen-bond acceptors (Lipinski definition) is 9. The molecule has 14 heteroatoms. The fraction of sp³-hybridized carbons (Fsp3) is 0.318. The quantitative estimate of drug-likeness (QED) is 0.0712. The van der Waals surface area contributed by atoms with Crippen molar-refractivity contribution in [2.24, 2.45) is 5.73 Å². The molecule has 0 spiro atoms. The number of likely N-dealkylation sites (tertiary alicyclic amines) is 1. The molecule has 0 saturated carbocycles. The molecule has 5 aromatic rings. The third-order valence-corrected chi connectivity index (χ3v) is 9.76. The van der Waals surface area contributed by atoms with Crippen LogP contribution in [-0.2, 0) is 27.4 Å². The first-order chi connectivity index (χ1) is 27.7. The predicted octanol–water partition coefficient (Wildman–Crippen LogP) is 6.61. The van der Waals surface area contributed by atoms with Crippen molar-refractivity contribution in [1.29, 1.82) is 5.41 Å². The Morgan fingerprint density at radius 2 is 1.55 bits per heavy atom. The van der Waals surface area contributed by atoms with Gasteiger partial charge in [0.1, 0.15) is 35.7 Å². The summed E-state index contributed by atoms with van der Waals surface area (Å²) in [6.07, 6.45) is 0.806. The number of methoxy groups -OCH3 is 1. The molecule has 1 saturated heterocycles. The number of amidine groups is 1. The molecule has 3 amide bonds. The molecular formula is C44H49N7O7. The van der Waals surface area contributed by atoms with Crippen LogP contribution in [0.3, 0.4) is 0 Å². The van der Waals surface area contributed by atoms with Gasteiger partial charge in [-0.3, -0.25) is 15.0 Å². The van der Waals surface area contributed by atoms with Gasteiger partial charge in [0.05, 0.1) is 36.3 Å². The molecular weight excluding hydrogens is 739 g/mol. The third kappa shape index (κ3) is 9.99. The maximum absolute atomic E-state index is 14.4. The monoisotopic (exact) mass is 787 g/mol. The number of amides is 3. The van der Waals surface area contributed by atoms with Crippen LogP contribution < -0.4 is 20.7 Å². The number of nitrogens with two attached hydrogens (primary N) is 1. The first kappa shape index (κ1) is 40.9. The molecule has 0 bridgehead atoms. The van der Waals surface area contributed by atoms with Gasteiger partial charge < -0.3 is 39.6 Å². The van der Waals surface area contributed by atoms with Gasteiger partial charge in [0, 0.05) is 42.7 Å². The lowest BCUT2D eigenvalue weighted by Gasteiger charge is -2.33. The van der Waals surface area contributed by atoms with Crippen molar-refractivity contribution in [3.63, 3.8) is 0 Å². The van der Waals surface area contributed by atoms with E-state index in [1.807, 2.05) is 58.0 Å². The molecule has 1 atom stereocenters. The summed E-state index contributed by atoms with van der Waals surface area (Å²) in [6, 6.07) is 27.8. The Morgan fingerprint density at radius 1 is 0.914 bits per heavy atom. The van der Waals surface area contributed by atoms with Crippen LogP contribution in [0.4, 0.5) is 10.5 Å². The van der Waals surface area contributed by atoms with Gasteiger partial charge >= 0.3 is 12.1 Å². The number of imidazole rings is 1. The number of aromatic nitrogens is 2. The number of piperidine rings is 1. The number of anilines is 1. The van der Waals surface area contributed by atoms with Gasteiger partial charge in [-0.2, -0.15) is 0 Å².